The maximum Gasteiger partial charge on any atom is 0.343 e. The van der Waals surface area contributed by atoms with Crippen molar-refractivity contribution >= 4 is 22.5 Å². The summed E-state index contributed by atoms with van der Waals surface area (Å²) in [6.45, 7) is 3.96. The predicted octanol–water partition coefficient (Wildman–Crippen LogP) is 1.67. The van der Waals surface area contributed by atoms with Gasteiger partial charge in [0, 0.05) is 7.05 Å². The highest BCUT2D eigenvalue weighted by Crippen LogP contribution is 2.18. The molecule has 0 aliphatic rings. The van der Waals surface area contributed by atoms with E-state index in [4.69, 9.17) is 4.74 Å². The van der Waals surface area contributed by atoms with Gasteiger partial charge in [-0.2, -0.15) is 5.10 Å². The molecule has 0 amide bonds. The van der Waals surface area contributed by atoms with Gasteiger partial charge in [0.25, 0.3) is 5.56 Å². The summed E-state index contributed by atoms with van der Waals surface area (Å²) in [6.07, 6.45) is 1.44. The molecule has 0 saturated heterocycles. The zero-order chi connectivity index (χ0) is 15.1. The van der Waals surface area contributed by atoms with Crippen LogP contribution in [0.4, 0.5) is 0 Å². The van der Waals surface area contributed by atoms with E-state index in [9.17, 15) is 9.59 Å². The first-order valence-electron chi connectivity index (χ1n) is 6.68. The van der Waals surface area contributed by atoms with Gasteiger partial charge in [-0.3, -0.25) is 9.36 Å². The molecule has 0 radical (unpaired) electrons. The maximum absolute atomic E-state index is 12.5. The van der Waals surface area contributed by atoms with Crippen molar-refractivity contribution in [3.8, 4) is 0 Å². The van der Waals surface area contributed by atoms with Crippen LogP contribution in [0.3, 0.4) is 0 Å². The van der Waals surface area contributed by atoms with E-state index in [1.54, 1.807) is 24.6 Å². The van der Waals surface area contributed by atoms with Gasteiger partial charge in [0.05, 0.1) is 23.7 Å². The van der Waals surface area contributed by atoms with E-state index in [0.717, 1.165) is 5.56 Å². The Morgan fingerprint density at radius 3 is 2.86 bits per heavy atom. The Morgan fingerprint density at radius 2 is 2.14 bits per heavy atom. The monoisotopic (exact) mass is 285 g/mol. The van der Waals surface area contributed by atoms with Crippen molar-refractivity contribution in [1.82, 2.24) is 14.2 Å². The van der Waals surface area contributed by atoms with Crippen LogP contribution in [-0.4, -0.2) is 26.8 Å². The average molecular weight is 285 g/mol. The van der Waals surface area contributed by atoms with Crippen LogP contribution in [0.1, 0.15) is 22.8 Å². The minimum Gasteiger partial charge on any atom is -0.462 e. The van der Waals surface area contributed by atoms with Crippen LogP contribution in [0.15, 0.2) is 29.2 Å². The SMILES string of the molecule is CCOC(=O)c1cnn2c3cc(C)ccc3c(=O)n(C)c12. The molecule has 0 fully saturated rings. The molecule has 0 unspecified atom stereocenters. The van der Waals surface area contributed by atoms with Gasteiger partial charge >= 0.3 is 5.97 Å². The van der Waals surface area contributed by atoms with Crippen LogP contribution in [0.2, 0.25) is 0 Å². The number of benzene rings is 1. The Labute approximate surface area is 120 Å². The zero-order valence-electron chi connectivity index (χ0n) is 12.1. The number of aryl methyl sites for hydroxylation is 2. The van der Waals surface area contributed by atoms with Crippen LogP contribution in [0.5, 0.6) is 0 Å². The Kier molecular flexibility index (Phi) is 3.01. The van der Waals surface area contributed by atoms with Crippen molar-refractivity contribution in [1.29, 1.82) is 0 Å². The molecule has 3 rings (SSSR count). The van der Waals surface area contributed by atoms with Gasteiger partial charge < -0.3 is 4.74 Å². The first kappa shape index (κ1) is 13.4. The quantitative estimate of drug-likeness (QED) is 0.672. The molecule has 2 heterocycles. The number of hydrogen-bond acceptors (Lipinski definition) is 4. The summed E-state index contributed by atoms with van der Waals surface area (Å²) < 4.78 is 8.05. The number of rotatable bonds is 2. The average Bonchev–Trinajstić information content (AvgIpc) is 2.90. The Bertz CT molecular complexity index is 921. The Hall–Kier alpha value is -2.63. The molecule has 21 heavy (non-hydrogen) atoms. The van der Waals surface area contributed by atoms with Crippen molar-refractivity contribution in [3.63, 3.8) is 0 Å². The molecule has 0 N–H and O–H groups in total. The summed E-state index contributed by atoms with van der Waals surface area (Å²) >= 11 is 0. The highest BCUT2D eigenvalue weighted by Gasteiger charge is 2.19. The number of aromatic nitrogens is 3. The highest BCUT2D eigenvalue weighted by atomic mass is 16.5. The molecule has 0 bridgehead atoms. The number of nitrogens with zero attached hydrogens (tertiary/aromatic N) is 3. The van der Waals surface area contributed by atoms with Crippen molar-refractivity contribution in [2.45, 2.75) is 13.8 Å². The minimum atomic E-state index is -0.477. The fourth-order valence-electron chi connectivity index (χ4n) is 2.47. The smallest absolute Gasteiger partial charge is 0.343 e. The second-order valence-corrected chi connectivity index (χ2v) is 4.90. The predicted molar refractivity (Wildman–Crippen MR) is 78.6 cm³/mol. The first-order chi connectivity index (χ1) is 10.0. The number of esters is 1. The normalized spacial score (nSPS) is 11.2. The van der Waals surface area contributed by atoms with Gasteiger partial charge in [0.15, 0.2) is 5.65 Å². The van der Waals surface area contributed by atoms with Gasteiger partial charge in [-0.25, -0.2) is 9.31 Å². The molecule has 0 aliphatic heterocycles. The molecule has 0 atom stereocenters. The number of carbonyl (C=O) groups is 1. The summed E-state index contributed by atoms with van der Waals surface area (Å²) in [5, 5.41) is 4.81. The third-order valence-corrected chi connectivity index (χ3v) is 3.47. The van der Waals surface area contributed by atoms with E-state index in [0.29, 0.717) is 22.1 Å². The molecule has 0 saturated carbocycles. The maximum atomic E-state index is 12.5. The first-order valence-corrected chi connectivity index (χ1v) is 6.68. The highest BCUT2D eigenvalue weighted by molar-refractivity contribution is 5.97. The van der Waals surface area contributed by atoms with Crippen LogP contribution in [0.25, 0.3) is 16.6 Å². The number of hydrogen-bond donors (Lipinski definition) is 0. The van der Waals surface area contributed by atoms with Crippen molar-refractivity contribution in [2.24, 2.45) is 7.05 Å². The van der Waals surface area contributed by atoms with Gasteiger partial charge in [-0.15, -0.1) is 0 Å². The zero-order valence-corrected chi connectivity index (χ0v) is 12.1. The van der Waals surface area contributed by atoms with Crippen molar-refractivity contribution < 1.29 is 9.53 Å². The van der Waals surface area contributed by atoms with Crippen LogP contribution >= 0.6 is 0 Å². The van der Waals surface area contributed by atoms with Gasteiger partial charge in [0.1, 0.15) is 5.56 Å². The van der Waals surface area contributed by atoms with Crippen molar-refractivity contribution in [3.05, 3.63) is 45.9 Å². The summed E-state index contributed by atoms with van der Waals surface area (Å²) in [5.41, 5.74) is 2.27. The molecule has 3 aromatic rings. The topological polar surface area (TPSA) is 65.6 Å². The Balaban J connectivity index is 2.45. The molecule has 6 heteroatoms. The van der Waals surface area contributed by atoms with E-state index < -0.39 is 5.97 Å². The van der Waals surface area contributed by atoms with Gasteiger partial charge in [-0.05, 0) is 31.5 Å². The van der Waals surface area contributed by atoms with Gasteiger partial charge in [-0.1, -0.05) is 6.07 Å². The molecule has 6 nitrogen and oxygen atoms in total. The third kappa shape index (κ3) is 1.91. The standard InChI is InChI=1S/C15H15N3O3/c1-4-21-15(20)11-8-16-18-12-7-9(2)5-6-10(12)14(19)17(3)13(11)18/h5-8H,4H2,1-3H3. The lowest BCUT2D eigenvalue weighted by Crippen LogP contribution is -2.21. The molecule has 0 aliphatic carbocycles. The largest absolute Gasteiger partial charge is 0.462 e. The van der Waals surface area contributed by atoms with E-state index in [1.807, 2.05) is 19.1 Å². The summed E-state index contributed by atoms with van der Waals surface area (Å²) in [7, 11) is 1.63. The van der Waals surface area contributed by atoms with Crippen LogP contribution < -0.4 is 5.56 Å². The van der Waals surface area contributed by atoms with E-state index in [1.165, 1.54) is 10.8 Å². The number of carbonyl (C=O) groups excluding carboxylic acids is 1. The van der Waals surface area contributed by atoms with E-state index in [2.05, 4.69) is 5.10 Å². The second-order valence-electron chi connectivity index (χ2n) is 4.90. The molecule has 1 aromatic carbocycles. The molecule has 2 aromatic heterocycles. The third-order valence-electron chi connectivity index (χ3n) is 3.47. The Morgan fingerprint density at radius 1 is 1.38 bits per heavy atom. The summed E-state index contributed by atoms with van der Waals surface area (Å²) in [4.78, 5) is 24.4. The molecular formula is C15H15N3O3. The number of fused-ring (bicyclic) bond motifs is 3. The van der Waals surface area contributed by atoms with Crippen LogP contribution in [-0.2, 0) is 11.8 Å². The fraction of sp³-hybridized carbons (Fsp3) is 0.267. The lowest BCUT2D eigenvalue weighted by atomic mass is 10.1. The van der Waals surface area contributed by atoms with E-state index in [-0.39, 0.29) is 12.2 Å². The second kappa shape index (κ2) is 4.73. The molecule has 0 spiro atoms. The minimum absolute atomic E-state index is 0.163. The molecular weight excluding hydrogens is 270 g/mol. The summed E-state index contributed by atoms with van der Waals surface area (Å²) in [6, 6.07) is 5.54. The number of ether oxygens (including phenoxy) is 1. The van der Waals surface area contributed by atoms with Crippen LogP contribution in [0, 0.1) is 6.92 Å². The fourth-order valence-corrected chi connectivity index (χ4v) is 2.47. The van der Waals surface area contributed by atoms with Crippen molar-refractivity contribution in [2.75, 3.05) is 6.61 Å². The summed E-state index contributed by atoms with van der Waals surface area (Å²) in [5.74, 6) is -0.477. The van der Waals surface area contributed by atoms with Gasteiger partial charge in [0.2, 0.25) is 0 Å². The lowest BCUT2D eigenvalue weighted by Gasteiger charge is -2.08. The molecule has 108 valence electrons. The lowest BCUT2D eigenvalue weighted by molar-refractivity contribution is 0.0528. The van der Waals surface area contributed by atoms with E-state index >= 15 is 0 Å².